The molecule has 1 aromatic heterocycles. The minimum absolute atomic E-state index is 0.0239. The third-order valence-electron chi connectivity index (χ3n) is 5.06. The smallest absolute Gasteiger partial charge is 0.321 e. The standard InChI is InChI=1S/C19H25N3O6/c1-12(17(24)21-19(26)20-14-5-2-3-6-14)28-18(25)13-9-16(23)22(10-13)11-15-7-4-8-27-15/h4,7-8,12-14H,2-3,5-6,9-11H2,1H3,(H2,20,21,24,26)/t12-,13-/m0/s1. The Labute approximate surface area is 162 Å². The molecule has 2 atom stereocenters. The number of imide groups is 1. The first-order valence-corrected chi connectivity index (χ1v) is 9.54. The lowest BCUT2D eigenvalue weighted by Gasteiger charge is -2.17. The molecule has 1 aliphatic carbocycles. The van der Waals surface area contributed by atoms with E-state index in [4.69, 9.17) is 9.15 Å². The molecule has 9 nitrogen and oxygen atoms in total. The molecule has 1 saturated carbocycles. The minimum atomic E-state index is -1.13. The van der Waals surface area contributed by atoms with Gasteiger partial charge in [-0.25, -0.2) is 4.79 Å². The van der Waals surface area contributed by atoms with Crippen molar-refractivity contribution in [3.8, 4) is 0 Å². The summed E-state index contributed by atoms with van der Waals surface area (Å²) in [5.74, 6) is -1.52. The van der Waals surface area contributed by atoms with Crippen LogP contribution in [0.25, 0.3) is 0 Å². The number of amides is 4. The van der Waals surface area contributed by atoms with E-state index < -0.39 is 29.9 Å². The molecule has 28 heavy (non-hydrogen) atoms. The number of rotatable bonds is 6. The zero-order chi connectivity index (χ0) is 20.1. The number of carbonyl (C=O) groups is 4. The van der Waals surface area contributed by atoms with Gasteiger partial charge in [-0.1, -0.05) is 12.8 Å². The Balaban J connectivity index is 1.43. The first-order valence-electron chi connectivity index (χ1n) is 9.54. The van der Waals surface area contributed by atoms with Gasteiger partial charge in [0, 0.05) is 19.0 Å². The number of nitrogens with zero attached hydrogens (tertiary/aromatic N) is 1. The molecule has 152 valence electrons. The number of hydrogen-bond acceptors (Lipinski definition) is 6. The predicted octanol–water partition coefficient (Wildman–Crippen LogP) is 1.33. The number of nitrogens with one attached hydrogen (secondary N) is 2. The Hall–Kier alpha value is -2.84. The zero-order valence-electron chi connectivity index (χ0n) is 15.8. The van der Waals surface area contributed by atoms with E-state index in [1.54, 1.807) is 12.1 Å². The van der Waals surface area contributed by atoms with Gasteiger partial charge in [0.25, 0.3) is 5.91 Å². The quantitative estimate of drug-likeness (QED) is 0.707. The molecular weight excluding hydrogens is 366 g/mol. The summed E-state index contributed by atoms with van der Waals surface area (Å²) in [6, 6.07) is 2.97. The second kappa shape index (κ2) is 8.90. The van der Waals surface area contributed by atoms with Crippen LogP contribution in [-0.2, 0) is 25.7 Å². The number of urea groups is 1. The van der Waals surface area contributed by atoms with Crippen molar-refractivity contribution in [3.63, 3.8) is 0 Å². The third-order valence-corrected chi connectivity index (χ3v) is 5.06. The van der Waals surface area contributed by atoms with E-state index in [1.807, 2.05) is 0 Å². The van der Waals surface area contributed by atoms with Crippen molar-refractivity contribution in [2.45, 2.75) is 57.7 Å². The van der Waals surface area contributed by atoms with Crippen LogP contribution >= 0.6 is 0 Å². The topological polar surface area (TPSA) is 118 Å². The Kier molecular flexibility index (Phi) is 6.33. The lowest BCUT2D eigenvalue weighted by atomic mass is 10.1. The Morgan fingerprint density at radius 1 is 1.32 bits per heavy atom. The Morgan fingerprint density at radius 3 is 2.75 bits per heavy atom. The van der Waals surface area contributed by atoms with Gasteiger partial charge in [0.2, 0.25) is 5.91 Å². The SMILES string of the molecule is C[C@H](OC(=O)[C@H]1CC(=O)N(Cc2ccco2)C1)C(=O)NC(=O)NC1CCCC1. The fraction of sp³-hybridized carbons (Fsp3) is 0.579. The summed E-state index contributed by atoms with van der Waals surface area (Å²) in [5, 5.41) is 4.93. The summed E-state index contributed by atoms with van der Waals surface area (Å²) in [6.45, 7) is 1.88. The molecule has 0 radical (unpaired) electrons. The predicted molar refractivity (Wildman–Crippen MR) is 96.7 cm³/mol. The van der Waals surface area contributed by atoms with Crippen LogP contribution in [0.2, 0.25) is 0 Å². The molecule has 0 bridgehead atoms. The van der Waals surface area contributed by atoms with Gasteiger partial charge >= 0.3 is 12.0 Å². The summed E-state index contributed by atoms with van der Waals surface area (Å²) in [6.07, 6.45) is 4.33. The van der Waals surface area contributed by atoms with Crippen molar-refractivity contribution in [1.29, 1.82) is 0 Å². The molecule has 2 heterocycles. The molecule has 3 rings (SSSR count). The highest BCUT2D eigenvalue weighted by atomic mass is 16.5. The number of hydrogen-bond donors (Lipinski definition) is 2. The third kappa shape index (κ3) is 5.11. The van der Waals surface area contributed by atoms with Crippen LogP contribution in [0.5, 0.6) is 0 Å². The maximum atomic E-state index is 12.3. The molecular formula is C19H25N3O6. The van der Waals surface area contributed by atoms with Gasteiger partial charge in [0.05, 0.1) is 18.7 Å². The van der Waals surface area contributed by atoms with Crippen LogP contribution < -0.4 is 10.6 Å². The molecule has 0 aromatic carbocycles. The fourth-order valence-electron chi connectivity index (χ4n) is 3.50. The molecule has 9 heteroatoms. The number of furan rings is 1. The number of likely N-dealkylation sites (tertiary alicyclic amines) is 1. The second-order valence-electron chi connectivity index (χ2n) is 7.28. The molecule has 0 unspecified atom stereocenters. The van der Waals surface area contributed by atoms with E-state index in [0.717, 1.165) is 25.7 Å². The summed E-state index contributed by atoms with van der Waals surface area (Å²) >= 11 is 0. The van der Waals surface area contributed by atoms with Crippen LogP contribution in [0.1, 0.15) is 44.8 Å². The van der Waals surface area contributed by atoms with Crippen molar-refractivity contribution >= 4 is 23.8 Å². The number of ether oxygens (including phenoxy) is 1. The normalized spacial score (nSPS) is 20.8. The summed E-state index contributed by atoms with van der Waals surface area (Å²) < 4.78 is 10.4. The van der Waals surface area contributed by atoms with E-state index in [2.05, 4.69) is 10.6 Å². The molecule has 1 saturated heterocycles. The molecule has 1 aromatic rings. The van der Waals surface area contributed by atoms with Crippen LogP contribution in [0, 0.1) is 5.92 Å². The lowest BCUT2D eigenvalue weighted by Crippen LogP contribution is -2.47. The second-order valence-corrected chi connectivity index (χ2v) is 7.28. The van der Waals surface area contributed by atoms with Crippen LogP contribution in [0.15, 0.2) is 22.8 Å². The van der Waals surface area contributed by atoms with E-state index in [1.165, 1.54) is 18.1 Å². The summed E-state index contributed by atoms with van der Waals surface area (Å²) in [4.78, 5) is 49.8. The van der Waals surface area contributed by atoms with E-state index in [-0.39, 0.29) is 31.5 Å². The molecule has 0 spiro atoms. The van der Waals surface area contributed by atoms with Gasteiger partial charge in [-0.05, 0) is 31.9 Å². The fourth-order valence-corrected chi connectivity index (χ4v) is 3.50. The van der Waals surface area contributed by atoms with Crippen molar-refractivity contribution in [2.24, 2.45) is 5.92 Å². The maximum absolute atomic E-state index is 12.3. The zero-order valence-corrected chi connectivity index (χ0v) is 15.8. The van der Waals surface area contributed by atoms with Crippen molar-refractivity contribution < 1.29 is 28.3 Å². The number of carbonyl (C=O) groups excluding carboxylic acids is 4. The molecule has 2 aliphatic rings. The minimum Gasteiger partial charge on any atom is -0.467 e. The van der Waals surface area contributed by atoms with Gasteiger partial charge in [0.15, 0.2) is 6.10 Å². The first-order chi connectivity index (χ1) is 13.4. The average Bonchev–Trinajstić information content (AvgIpc) is 3.39. The van der Waals surface area contributed by atoms with Gasteiger partial charge in [-0.2, -0.15) is 0 Å². The monoisotopic (exact) mass is 391 g/mol. The van der Waals surface area contributed by atoms with Crippen molar-refractivity contribution in [3.05, 3.63) is 24.2 Å². The van der Waals surface area contributed by atoms with Gasteiger partial charge < -0.3 is 19.4 Å². The van der Waals surface area contributed by atoms with E-state index in [9.17, 15) is 19.2 Å². The van der Waals surface area contributed by atoms with Crippen molar-refractivity contribution in [1.82, 2.24) is 15.5 Å². The molecule has 2 N–H and O–H groups in total. The summed E-state index contributed by atoms with van der Waals surface area (Å²) in [5.41, 5.74) is 0. The largest absolute Gasteiger partial charge is 0.467 e. The van der Waals surface area contributed by atoms with Gasteiger partial charge in [-0.15, -0.1) is 0 Å². The Bertz CT molecular complexity index is 726. The van der Waals surface area contributed by atoms with Crippen LogP contribution in [0.3, 0.4) is 0 Å². The highest BCUT2D eigenvalue weighted by Crippen LogP contribution is 2.22. The van der Waals surface area contributed by atoms with Crippen LogP contribution in [0.4, 0.5) is 4.79 Å². The van der Waals surface area contributed by atoms with Crippen molar-refractivity contribution in [2.75, 3.05) is 6.54 Å². The van der Waals surface area contributed by atoms with Crippen LogP contribution in [-0.4, -0.2) is 47.4 Å². The van der Waals surface area contributed by atoms with E-state index >= 15 is 0 Å². The van der Waals surface area contributed by atoms with Gasteiger partial charge in [0.1, 0.15) is 5.76 Å². The lowest BCUT2D eigenvalue weighted by molar-refractivity contribution is -0.158. The maximum Gasteiger partial charge on any atom is 0.321 e. The van der Waals surface area contributed by atoms with Gasteiger partial charge in [-0.3, -0.25) is 19.7 Å². The molecule has 4 amide bonds. The first kappa shape index (κ1) is 19.9. The molecule has 1 aliphatic heterocycles. The van der Waals surface area contributed by atoms with E-state index in [0.29, 0.717) is 5.76 Å². The molecule has 2 fully saturated rings. The Morgan fingerprint density at radius 2 is 2.07 bits per heavy atom. The number of esters is 1. The highest BCUT2D eigenvalue weighted by Gasteiger charge is 2.37. The average molecular weight is 391 g/mol. The highest BCUT2D eigenvalue weighted by molar-refractivity contribution is 5.97. The summed E-state index contributed by atoms with van der Waals surface area (Å²) in [7, 11) is 0.